The topological polar surface area (TPSA) is 38.0 Å². The first kappa shape index (κ1) is 11.6. The Kier molecular flexibility index (Phi) is 2.80. The normalized spacial score (nSPS) is 12.3. The van der Waals surface area contributed by atoms with Gasteiger partial charge < -0.3 is 9.67 Å². The van der Waals surface area contributed by atoms with Crippen LogP contribution in [0, 0.1) is 6.92 Å². The van der Waals surface area contributed by atoms with Gasteiger partial charge in [0.05, 0.1) is 23.9 Å². The third kappa shape index (κ3) is 2.28. The van der Waals surface area contributed by atoms with E-state index in [1.807, 2.05) is 16.8 Å². The van der Waals surface area contributed by atoms with E-state index in [-0.39, 0.29) is 0 Å². The molecule has 3 nitrogen and oxygen atoms in total. The average Bonchev–Trinajstić information content (AvgIpc) is 2.40. The van der Waals surface area contributed by atoms with Crippen LogP contribution in [0.25, 0.3) is 10.9 Å². The highest BCUT2D eigenvalue weighted by atomic mass is 79.9. The van der Waals surface area contributed by atoms with Crippen LogP contribution in [0.2, 0.25) is 0 Å². The van der Waals surface area contributed by atoms with Gasteiger partial charge in [0, 0.05) is 11.6 Å². The van der Waals surface area contributed by atoms with Gasteiger partial charge in [-0.3, -0.25) is 0 Å². The molecule has 0 aliphatic carbocycles. The number of pyridine rings is 1. The van der Waals surface area contributed by atoms with E-state index in [9.17, 15) is 5.11 Å². The number of fused-ring (bicyclic) bond motifs is 1. The highest BCUT2D eigenvalue weighted by molar-refractivity contribution is 9.10. The quantitative estimate of drug-likeness (QED) is 0.861. The molecule has 0 aliphatic heterocycles. The van der Waals surface area contributed by atoms with Crippen molar-refractivity contribution in [2.24, 2.45) is 0 Å². The third-order valence-corrected chi connectivity index (χ3v) is 2.92. The van der Waals surface area contributed by atoms with Crippen molar-refractivity contribution in [2.45, 2.75) is 32.9 Å². The van der Waals surface area contributed by atoms with E-state index in [0.717, 1.165) is 10.1 Å². The fourth-order valence-electron chi connectivity index (χ4n) is 1.89. The second kappa shape index (κ2) is 3.86. The van der Waals surface area contributed by atoms with Crippen molar-refractivity contribution in [3.8, 4) is 0 Å². The summed E-state index contributed by atoms with van der Waals surface area (Å²) in [4.78, 5) is 4.23. The van der Waals surface area contributed by atoms with Crippen molar-refractivity contribution in [3.63, 3.8) is 0 Å². The molecule has 2 rings (SSSR count). The Hall–Kier alpha value is -0.870. The highest BCUT2D eigenvalue weighted by Crippen LogP contribution is 2.24. The first-order valence-corrected chi connectivity index (χ1v) is 5.99. The largest absolute Gasteiger partial charge is 0.389 e. The number of hydrogen-bond donors (Lipinski definition) is 1. The zero-order valence-corrected chi connectivity index (χ0v) is 11.2. The van der Waals surface area contributed by atoms with E-state index in [1.54, 1.807) is 13.8 Å². The van der Waals surface area contributed by atoms with Crippen LogP contribution in [0.3, 0.4) is 0 Å². The molecule has 2 aromatic rings. The summed E-state index contributed by atoms with van der Waals surface area (Å²) in [6.07, 6.45) is 3.88. The molecule has 16 heavy (non-hydrogen) atoms. The van der Waals surface area contributed by atoms with Crippen LogP contribution in [0.15, 0.2) is 23.1 Å². The molecule has 0 spiro atoms. The molecule has 0 atom stereocenters. The predicted octanol–water partition coefficient (Wildman–Crippen LogP) is 2.88. The van der Waals surface area contributed by atoms with Gasteiger partial charge in [0.1, 0.15) is 4.60 Å². The molecule has 4 heteroatoms. The Balaban J connectivity index is 2.55. The van der Waals surface area contributed by atoms with E-state index >= 15 is 0 Å². The van der Waals surface area contributed by atoms with Gasteiger partial charge in [-0.15, -0.1) is 0 Å². The van der Waals surface area contributed by atoms with Crippen molar-refractivity contribution in [3.05, 3.63) is 28.6 Å². The van der Waals surface area contributed by atoms with Crippen molar-refractivity contribution >= 4 is 26.8 Å². The van der Waals surface area contributed by atoms with Gasteiger partial charge in [-0.2, -0.15) is 0 Å². The Morgan fingerprint density at radius 1 is 1.50 bits per heavy atom. The van der Waals surface area contributed by atoms with E-state index in [0.29, 0.717) is 6.54 Å². The molecule has 0 aromatic carbocycles. The second-order valence-corrected chi connectivity index (χ2v) is 5.59. The molecule has 0 saturated carbocycles. The summed E-state index contributed by atoms with van der Waals surface area (Å²) < 4.78 is 2.88. The van der Waals surface area contributed by atoms with Crippen LogP contribution in [-0.2, 0) is 6.54 Å². The van der Waals surface area contributed by atoms with Crippen molar-refractivity contribution < 1.29 is 5.11 Å². The summed E-state index contributed by atoms with van der Waals surface area (Å²) in [5.74, 6) is 0. The Morgan fingerprint density at radius 3 is 2.81 bits per heavy atom. The summed E-state index contributed by atoms with van der Waals surface area (Å²) in [6, 6.07) is 2.01. The van der Waals surface area contributed by atoms with Gasteiger partial charge >= 0.3 is 0 Å². The lowest BCUT2D eigenvalue weighted by Gasteiger charge is -2.18. The number of aliphatic hydroxyl groups is 1. The van der Waals surface area contributed by atoms with Gasteiger partial charge in [0.2, 0.25) is 0 Å². The molecule has 0 saturated heterocycles. The second-order valence-electron chi connectivity index (χ2n) is 4.78. The minimum absolute atomic E-state index is 0.570. The molecule has 2 heterocycles. The van der Waals surface area contributed by atoms with Crippen LogP contribution < -0.4 is 0 Å². The Bertz CT molecular complexity index is 526. The smallest absolute Gasteiger partial charge is 0.106 e. The number of nitrogens with zero attached hydrogens (tertiary/aromatic N) is 2. The lowest BCUT2D eigenvalue weighted by molar-refractivity contribution is 0.0628. The number of halogens is 1. The van der Waals surface area contributed by atoms with Gasteiger partial charge in [-0.05, 0) is 48.3 Å². The van der Waals surface area contributed by atoms with Gasteiger partial charge in [0.25, 0.3) is 0 Å². The molecule has 1 N–H and O–H groups in total. The number of aryl methyl sites for hydroxylation is 1. The first-order valence-electron chi connectivity index (χ1n) is 5.20. The molecule has 86 valence electrons. The summed E-state index contributed by atoms with van der Waals surface area (Å²) >= 11 is 3.37. The summed E-state index contributed by atoms with van der Waals surface area (Å²) in [5, 5.41) is 11.0. The predicted molar refractivity (Wildman–Crippen MR) is 68.5 cm³/mol. The van der Waals surface area contributed by atoms with Crippen LogP contribution >= 0.6 is 15.9 Å². The number of aromatic nitrogens is 2. The summed E-state index contributed by atoms with van der Waals surface area (Å²) in [7, 11) is 0. The average molecular weight is 283 g/mol. The number of hydrogen-bond acceptors (Lipinski definition) is 2. The Morgan fingerprint density at radius 2 is 2.19 bits per heavy atom. The molecule has 0 radical (unpaired) electrons. The van der Waals surface area contributed by atoms with E-state index in [4.69, 9.17) is 0 Å². The summed E-state index contributed by atoms with van der Waals surface area (Å²) in [6.45, 7) is 6.25. The zero-order valence-electron chi connectivity index (χ0n) is 9.66. The molecule has 0 aliphatic rings. The number of rotatable bonds is 2. The maximum Gasteiger partial charge on any atom is 0.106 e. The van der Waals surface area contributed by atoms with Crippen molar-refractivity contribution in [1.29, 1.82) is 0 Å². The third-order valence-electron chi connectivity index (χ3n) is 2.49. The van der Waals surface area contributed by atoms with E-state index in [2.05, 4.69) is 34.0 Å². The first-order chi connectivity index (χ1) is 7.37. The van der Waals surface area contributed by atoms with Gasteiger partial charge in [-0.25, -0.2) is 4.98 Å². The minimum atomic E-state index is -0.717. The fraction of sp³-hybridized carbons (Fsp3) is 0.417. The monoisotopic (exact) mass is 282 g/mol. The molecular weight excluding hydrogens is 268 g/mol. The molecular formula is C12H15BrN2O. The highest BCUT2D eigenvalue weighted by Gasteiger charge is 2.16. The summed E-state index contributed by atoms with van der Waals surface area (Å²) in [5.41, 5.74) is 1.54. The molecule has 2 aromatic heterocycles. The zero-order chi connectivity index (χ0) is 11.9. The molecule has 0 unspecified atom stereocenters. The maximum absolute atomic E-state index is 9.84. The molecule has 0 fully saturated rings. The molecule has 0 bridgehead atoms. The molecule has 0 amide bonds. The van der Waals surface area contributed by atoms with E-state index < -0.39 is 5.60 Å². The van der Waals surface area contributed by atoms with Crippen LogP contribution in [-0.4, -0.2) is 20.3 Å². The van der Waals surface area contributed by atoms with Gasteiger partial charge in [-0.1, -0.05) is 0 Å². The lowest BCUT2D eigenvalue weighted by atomic mass is 10.1. The van der Waals surface area contributed by atoms with Crippen LogP contribution in [0.1, 0.15) is 19.4 Å². The van der Waals surface area contributed by atoms with Crippen LogP contribution in [0.4, 0.5) is 0 Å². The van der Waals surface area contributed by atoms with E-state index in [1.165, 1.54) is 10.9 Å². The van der Waals surface area contributed by atoms with Crippen LogP contribution in [0.5, 0.6) is 0 Å². The van der Waals surface area contributed by atoms with Gasteiger partial charge in [0.15, 0.2) is 0 Å². The van der Waals surface area contributed by atoms with Crippen molar-refractivity contribution in [1.82, 2.24) is 9.55 Å². The van der Waals surface area contributed by atoms with Crippen molar-refractivity contribution in [2.75, 3.05) is 0 Å². The minimum Gasteiger partial charge on any atom is -0.389 e. The fourth-order valence-corrected chi connectivity index (χ4v) is 2.22. The lowest BCUT2D eigenvalue weighted by Crippen LogP contribution is -2.25. The SMILES string of the molecule is Cc1cn(CC(C)(C)O)c2cnc(Br)cc12. The maximum atomic E-state index is 9.84. The standard InChI is InChI=1S/C12H15BrN2O/c1-8-6-15(7-12(2,3)16)10-5-14-11(13)4-9(8)10/h4-6,16H,7H2,1-3H3. The Labute approximate surface area is 103 Å².